The minimum Gasteiger partial charge on any atom is -0.346 e. The van der Waals surface area contributed by atoms with Gasteiger partial charge in [-0.15, -0.1) is 0 Å². The first-order valence-corrected chi connectivity index (χ1v) is 5.51. The molecule has 1 atom stereocenters. The van der Waals surface area contributed by atoms with Crippen molar-refractivity contribution in [1.82, 2.24) is 19.8 Å². The van der Waals surface area contributed by atoms with Crippen LogP contribution in [-0.2, 0) is 11.8 Å². The first kappa shape index (κ1) is 11.6. The highest BCUT2D eigenvalue weighted by atomic mass is 16.2. The second kappa shape index (κ2) is 4.20. The van der Waals surface area contributed by atoms with E-state index in [0.29, 0.717) is 24.4 Å². The van der Waals surface area contributed by atoms with Crippen LogP contribution in [0.2, 0.25) is 0 Å². The Hall–Kier alpha value is -1.85. The SMILES string of the molecule is Cc1ncn(C)c1C(=O)N[C@@H]1CC(=O)N(C)C1. The van der Waals surface area contributed by atoms with Crippen LogP contribution < -0.4 is 5.32 Å². The number of imidazole rings is 1. The Labute approximate surface area is 99.6 Å². The average Bonchev–Trinajstić information content (AvgIpc) is 2.72. The lowest BCUT2D eigenvalue weighted by molar-refractivity contribution is -0.126. The quantitative estimate of drug-likeness (QED) is 0.766. The van der Waals surface area contributed by atoms with E-state index >= 15 is 0 Å². The van der Waals surface area contributed by atoms with E-state index in [-0.39, 0.29) is 17.9 Å². The molecular weight excluding hydrogens is 220 g/mol. The molecular formula is C11H16N4O2. The monoisotopic (exact) mass is 236 g/mol. The summed E-state index contributed by atoms with van der Waals surface area (Å²) in [6, 6.07) is -0.103. The molecule has 1 aliphatic rings. The molecule has 0 aromatic carbocycles. The fourth-order valence-electron chi connectivity index (χ4n) is 2.09. The summed E-state index contributed by atoms with van der Waals surface area (Å²) >= 11 is 0. The van der Waals surface area contributed by atoms with Gasteiger partial charge in [-0.25, -0.2) is 4.98 Å². The molecule has 0 unspecified atom stereocenters. The Kier molecular flexibility index (Phi) is 2.87. The molecule has 2 heterocycles. The van der Waals surface area contributed by atoms with E-state index in [2.05, 4.69) is 10.3 Å². The molecule has 1 fully saturated rings. The van der Waals surface area contributed by atoms with Crippen LogP contribution in [-0.4, -0.2) is 45.9 Å². The van der Waals surface area contributed by atoms with E-state index < -0.39 is 0 Å². The van der Waals surface area contributed by atoms with Crippen molar-refractivity contribution >= 4 is 11.8 Å². The lowest BCUT2D eigenvalue weighted by Crippen LogP contribution is -2.37. The summed E-state index contributed by atoms with van der Waals surface area (Å²) in [5, 5.41) is 2.86. The maximum Gasteiger partial charge on any atom is 0.270 e. The Morgan fingerprint density at radius 2 is 2.24 bits per heavy atom. The van der Waals surface area contributed by atoms with Gasteiger partial charge in [0, 0.05) is 27.1 Å². The molecule has 92 valence electrons. The molecule has 2 amide bonds. The third-order valence-electron chi connectivity index (χ3n) is 3.01. The first-order chi connectivity index (χ1) is 7.99. The van der Waals surface area contributed by atoms with E-state index in [4.69, 9.17) is 0 Å². The van der Waals surface area contributed by atoms with Gasteiger partial charge < -0.3 is 14.8 Å². The summed E-state index contributed by atoms with van der Waals surface area (Å²) in [5.41, 5.74) is 1.25. The van der Waals surface area contributed by atoms with Gasteiger partial charge in [0.05, 0.1) is 18.1 Å². The van der Waals surface area contributed by atoms with Gasteiger partial charge >= 0.3 is 0 Å². The largest absolute Gasteiger partial charge is 0.346 e. The van der Waals surface area contributed by atoms with Crippen LogP contribution in [0.15, 0.2) is 6.33 Å². The molecule has 0 saturated carbocycles. The fourth-order valence-corrected chi connectivity index (χ4v) is 2.09. The zero-order valence-corrected chi connectivity index (χ0v) is 10.2. The zero-order valence-electron chi connectivity index (χ0n) is 10.2. The highest BCUT2D eigenvalue weighted by Gasteiger charge is 2.29. The van der Waals surface area contributed by atoms with Crippen LogP contribution in [0.1, 0.15) is 22.6 Å². The summed E-state index contributed by atoms with van der Waals surface area (Å²) < 4.78 is 1.69. The standard InChI is InChI=1S/C11H16N4O2/c1-7-10(15(3)6-12-7)11(17)13-8-4-9(16)14(2)5-8/h6,8H,4-5H2,1-3H3,(H,13,17)/t8-/m1/s1. The number of likely N-dealkylation sites (tertiary alicyclic amines) is 1. The van der Waals surface area contributed by atoms with Crippen LogP contribution in [0.5, 0.6) is 0 Å². The zero-order chi connectivity index (χ0) is 12.6. The van der Waals surface area contributed by atoms with E-state index in [1.54, 1.807) is 36.8 Å². The summed E-state index contributed by atoms with van der Waals surface area (Å²) in [6.07, 6.45) is 1.98. The number of aromatic nitrogens is 2. The average molecular weight is 236 g/mol. The number of hydrogen-bond acceptors (Lipinski definition) is 3. The van der Waals surface area contributed by atoms with Gasteiger partial charge in [-0.3, -0.25) is 9.59 Å². The van der Waals surface area contributed by atoms with E-state index in [0.717, 1.165) is 0 Å². The Morgan fingerprint density at radius 3 is 2.71 bits per heavy atom. The molecule has 17 heavy (non-hydrogen) atoms. The summed E-state index contributed by atoms with van der Waals surface area (Å²) in [4.78, 5) is 29.1. The van der Waals surface area contributed by atoms with Gasteiger partial charge in [0.2, 0.25) is 5.91 Å². The van der Waals surface area contributed by atoms with Crippen LogP contribution in [0.4, 0.5) is 0 Å². The molecule has 6 heteroatoms. The third-order valence-corrected chi connectivity index (χ3v) is 3.01. The maximum atomic E-state index is 12.0. The topological polar surface area (TPSA) is 67.2 Å². The smallest absolute Gasteiger partial charge is 0.270 e. The van der Waals surface area contributed by atoms with E-state index in [9.17, 15) is 9.59 Å². The highest BCUT2D eigenvalue weighted by Crippen LogP contribution is 2.10. The Bertz CT molecular complexity index is 447. The van der Waals surface area contributed by atoms with Crippen molar-refractivity contribution in [3.63, 3.8) is 0 Å². The van der Waals surface area contributed by atoms with Crippen LogP contribution in [0.3, 0.4) is 0 Å². The van der Waals surface area contributed by atoms with Crippen LogP contribution in [0.25, 0.3) is 0 Å². The molecule has 1 aromatic heterocycles. The number of nitrogens with one attached hydrogen (secondary N) is 1. The predicted molar refractivity (Wildman–Crippen MR) is 61.5 cm³/mol. The molecule has 0 radical (unpaired) electrons. The number of likely N-dealkylation sites (N-methyl/N-ethyl adjacent to an activating group) is 1. The molecule has 2 rings (SSSR count). The number of nitrogens with zero attached hydrogens (tertiary/aromatic N) is 3. The molecule has 1 N–H and O–H groups in total. The molecule has 1 aliphatic heterocycles. The van der Waals surface area contributed by atoms with Gasteiger partial charge in [-0.2, -0.15) is 0 Å². The number of hydrogen-bond donors (Lipinski definition) is 1. The van der Waals surface area contributed by atoms with Gasteiger partial charge in [-0.05, 0) is 6.92 Å². The number of rotatable bonds is 2. The van der Waals surface area contributed by atoms with Crippen molar-refractivity contribution in [2.45, 2.75) is 19.4 Å². The molecule has 0 spiro atoms. The highest BCUT2D eigenvalue weighted by molar-refractivity contribution is 5.94. The Morgan fingerprint density at radius 1 is 1.53 bits per heavy atom. The maximum absolute atomic E-state index is 12.0. The molecule has 0 aliphatic carbocycles. The minimum atomic E-state index is -0.171. The van der Waals surface area contributed by atoms with Gasteiger partial charge in [-0.1, -0.05) is 0 Å². The number of carbonyl (C=O) groups is 2. The normalized spacial score (nSPS) is 19.8. The summed E-state index contributed by atoms with van der Waals surface area (Å²) in [5.74, 6) is -0.104. The van der Waals surface area contributed by atoms with Crippen molar-refractivity contribution in [3.05, 3.63) is 17.7 Å². The second-order valence-corrected chi connectivity index (χ2v) is 4.44. The predicted octanol–water partition coefficient (Wildman–Crippen LogP) is -0.311. The van der Waals surface area contributed by atoms with E-state index in [1.165, 1.54) is 0 Å². The molecule has 1 saturated heterocycles. The minimum absolute atomic E-state index is 0.0667. The summed E-state index contributed by atoms with van der Waals surface area (Å²) in [7, 11) is 3.52. The van der Waals surface area contributed by atoms with Crippen molar-refractivity contribution in [3.8, 4) is 0 Å². The van der Waals surface area contributed by atoms with Crippen molar-refractivity contribution in [2.75, 3.05) is 13.6 Å². The second-order valence-electron chi connectivity index (χ2n) is 4.44. The van der Waals surface area contributed by atoms with Crippen molar-refractivity contribution in [2.24, 2.45) is 7.05 Å². The third kappa shape index (κ3) is 2.15. The van der Waals surface area contributed by atoms with Gasteiger partial charge in [0.25, 0.3) is 5.91 Å². The fraction of sp³-hybridized carbons (Fsp3) is 0.545. The number of aryl methyl sites for hydroxylation is 2. The Balaban J connectivity index is 2.06. The van der Waals surface area contributed by atoms with Gasteiger partial charge in [0.1, 0.15) is 5.69 Å². The first-order valence-electron chi connectivity index (χ1n) is 5.51. The van der Waals surface area contributed by atoms with E-state index in [1.807, 2.05) is 0 Å². The van der Waals surface area contributed by atoms with Crippen molar-refractivity contribution < 1.29 is 9.59 Å². The molecule has 6 nitrogen and oxygen atoms in total. The van der Waals surface area contributed by atoms with Crippen LogP contribution >= 0.6 is 0 Å². The lowest BCUT2D eigenvalue weighted by atomic mass is 10.2. The lowest BCUT2D eigenvalue weighted by Gasteiger charge is -2.12. The number of amides is 2. The van der Waals surface area contributed by atoms with Crippen molar-refractivity contribution in [1.29, 1.82) is 0 Å². The van der Waals surface area contributed by atoms with Crippen LogP contribution in [0, 0.1) is 6.92 Å². The molecule has 0 bridgehead atoms. The van der Waals surface area contributed by atoms with Gasteiger partial charge in [0.15, 0.2) is 0 Å². The number of carbonyl (C=O) groups excluding carboxylic acids is 2. The molecule has 1 aromatic rings. The summed E-state index contributed by atoms with van der Waals surface area (Å²) in [6.45, 7) is 2.36.